The smallest absolute Gasteiger partial charge is 0.267 e. The minimum atomic E-state index is -0.424. The highest BCUT2D eigenvalue weighted by Gasteiger charge is 2.23. The number of anilines is 1. The Morgan fingerprint density at radius 1 is 1.21 bits per heavy atom. The topological polar surface area (TPSA) is 73.2 Å². The molecule has 1 aliphatic carbocycles. The summed E-state index contributed by atoms with van der Waals surface area (Å²) in [4.78, 5) is 33.1. The lowest BCUT2D eigenvalue weighted by molar-refractivity contribution is -0.113. The molecule has 4 aromatic rings. The van der Waals surface area contributed by atoms with E-state index in [9.17, 15) is 14.0 Å². The molecule has 0 saturated carbocycles. The first-order valence-corrected chi connectivity index (χ1v) is 12.7. The average molecular weight is 496 g/mol. The number of ether oxygens (including phenoxy) is 1. The normalized spacial score (nSPS) is 13.0. The molecule has 0 bridgehead atoms. The molecule has 6 nitrogen and oxygen atoms in total. The van der Waals surface area contributed by atoms with E-state index in [4.69, 9.17) is 9.72 Å². The minimum Gasteiger partial charge on any atom is -0.497 e. The Balaban J connectivity index is 1.52. The number of benzene rings is 2. The number of halogens is 1. The highest BCUT2D eigenvalue weighted by molar-refractivity contribution is 7.99. The van der Waals surface area contributed by atoms with Crippen LogP contribution in [-0.4, -0.2) is 28.3 Å². The van der Waals surface area contributed by atoms with Crippen LogP contribution < -0.4 is 15.6 Å². The van der Waals surface area contributed by atoms with Crippen LogP contribution in [0.5, 0.6) is 5.75 Å². The molecule has 1 amide bonds. The molecule has 0 unspecified atom stereocenters. The van der Waals surface area contributed by atoms with E-state index in [1.807, 2.05) is 12.1 Å². The number of nitrogens with one attached hydrogen (secondary N) is 1. The fourth-order valence-corrected chi connectivity index (χ4v) is 6.25. The van der Waals surface area contributed by atoms with Gasteiger partial charge in [0.2, 0.25) is 5.91 Å². The van der Waals surface area contributed by atoms with E-state index in [0.29, 0.717) is 27.7 Å². The van der Waals surface area contributed by atoms with Crippen molar-refractivity contribution in [2.45, 2.75) is 30.8 Å². The number of carbonyl (C=O) groups is 1. The predicted molar refractivity (Wildman–Crippen MR) is 134 cm³/mol. The quantitative estimate of drug-likeness (QED) is 0.294. The van der Waals surface area contributed by atoms with Crippen LogP contribution in [0.1, 0.15) is 23.3 Å². The third-order valence-corrected chi connectivity index (χ3v) is 7.85. The van der Waals surface area contributed by atoms with Gasteiger partial charge in [0.05, 0.1) is 23.9 Å². The molecule has 0 aliphatic heterocycles. The number of thiophene rings is 1. The lowest BCUT2D eigenvalue weighted by Gasteiger charge is -2.14. The fourth-order valence-electron chi connectivity index (χ4n) is 4.14. The number of hydrogen-bond donors (Lipinski definition) is 1. The lowest BCUT2D eigenvalue weighted by Crippen LogP contribution is -2.23. The molecule has 0 fully saturated rings. The van der Waals surface area contributed by atoms with Gasteiger partial charge in [0.15, 0.2) is 5.16 Å². The van der Waals surface area contributed by atoms with Gasteiger partial charge in [0, 0.05) is 10.6 Å². The van der Waals surface area contributed by atoms with E-state index in [0.717, 1.165) is 36.1 Å². The molecule has 34 heavy (non-hydrogen) atoms. The Morgan fingerprint density at radius 3 is 2.76 bits per heavy atom. The summed E-state index contributed by atoms with van der Waals surface area (Å²) in [6.45, 7) is 0. The van der Waals surface area contributed by atoms with E-state index in [1.54, 1.807) is 41.2 Å². The molecule has 2 heterocycles. The Bertz CT molecular complexity index is 1430. The van der Waals surface area contributed by atoms with Crippen molar-refractivity contribution in [1.82, 2.24) is 9.55 Å². The predicted octanol–water partition coefficient (Wildman–Crippen LogP) is 5.20. The van der Waals surface area contributed by atoms with Crippen molar-refractivity contribution >= 4 is 44.9 Å². The van der Waals surface area contributed by atoms with Crippen molar-refractivity contribution in [1.29, 1.82) is 0 Å². The summed E-state index contributed by atoms with van der Waals surface area (Å²) in [5.41, 5.74) is 2.03. The van der Waals surface area contributed by atoms with Crippen molar-refractivity contribution in [3.8, 4) is 11.4 Å². The number of methoxy groups -OCH3 is 1. The summed E-state index contributed by atoms with van der Waals surface area (Å²) in [5.74, 6) is -0.0258. The molecular formula is C25H22FN3O3S2. The van der Waals surface area contributed by atoms with Gasteiger partial charge in [0.1, 0.15) is 16.4 Å². The van der Waals surface area contributed by atoms with Crippen LogP contribution in [0.2, 0.25) is 0 Å². The Labute approximate surface area is 203 Å². The summed E-state index contributed by atoms with van der Waals surface area (Å²) < 4.78 is 20.3. The molecular weight excluding hydrogens is 473 g/mol. The zero-order valence-electron chi connectivity index (χ0n) is 18.5. The van der Waals surface area contributed by atoms with Gasteiger partial charge in [-0.05, 0) is 73.7 Å². The number of hydrogen-bond acceptors (Lipinski definition) is 6. The SMILES string of the molecule is COc1ccc(-n2c(SCC(=O)Nc3cccc(F)c3)nc3sc4c(c3c2=O)CCCC4)cc1. The van der Waals surface area contributed by atoms with Crippen molar-refractivity contribution in [2.75, 3.05) is 18.2 Å². The van der Waals surface area contributed by atoms with Gasteiger partial charge in [-0.25, -0.2) is 9.37 Å². The van der Waals surface area contributed by atoms with E-state index >= 15 is 0 Å². The zero-order chi connectivity index (χ0) is 23.7. The van der Waals surface area contributed by atoms with Crippen LogP contribution in [0, 0.1) is 5.82 Å². The lowest BCUT2D eigenvalue weighted by atomic mass is 9.97. The van der Waals surface area contributed by atoms with E-state index in [-0.39, 0.29) is 17.2 Å². The van der Waals surface area contributed by atoms with Crippen molar-refractivity contribution in [2.24, 2.45) is 0 Å². The molecule has 174 valence electrons. The second kappa shape index (κ2) is 9.60. The first-order valence-electron chi connectivity index (χ1n) is 10.9. The second-order valence-electron chi connectivity index (χ2n) is 7.97. The van der Waals surface area contributed by atoms with E-state index in [2.05, 4.69) is 5.32 Å². The molecule has 2 aromatic carbocycles. The summed E-state index contributed by atoms with van der Waals surface area (Å²) in [7, 11) is 1.59. The highest BCUT2D eigenvalue weighted by Crippen LogP contribution is 2.35. The van der Waals surface area contributed by atoms with Gasteiger partial charge >= 0.3 is 0 Å². The Kier molecular flexibility index (Phi) is 6.38. The first kappa shape index (κ1) is 22.6. The maximum absolute atomic E-state index is 13.8. The number of carbonyl (C=O) groups excluding carboxylic acids is 1. The first-order chi connectivity index (χ1) is 16.5. The highest BCUT2D eigenvalue weighted by atomic mass is 32.2. The molecule has 9 heteroatoms. The van der Waals surface area contributed by atoms with E-state index < -0.39 is 5.82 Å². The molecule has 0 spiro atoms. The van der Waals surface area contributed by atoms with Gasteiger partial charge < -0.3 is 10.1 Å². The minimum absolute atomic E-state index is 0.0235. The average Bonchev–Trinajstić information content (AvgIpc) is 3.22. The standard InChI is InChI=1S/C25H22FN3O3S2/c1-32-18-11-9-17(10-12-18)29-24(31)22-19-7-2-3-8-20(19)34-23(22)28-25(29)33-14-21(30)27-16-6-4-5-15(26)13-16/h4-6,9-13H,2-3,7-8,14H2,1H3,(H,27,30). The van der Waals surface area contributed by atoms with Crippen LogP contribution in [0.4, 0.5) is 10.1 Å². The van der Waals surface area contributed by atoms with Gasteiger partial charge in [0.25, 0.3) is 5.56 Å². The van der Waals surface area contributed by atoms with Crippen molar-refractivity contribution in [3.63, 3.8) is 0 Å². The van der Waals surface area contributed by atoms with Crippen LogP contribution in [0.25, 0.3) is 15.9 Å². The molecule has 0 atom stereocenters. The summed E-state index contributed by atoms with van der Waals surface area (Å²) in [6, 6.07) is 12.9. The largest absolute Gasteiger partial charge is 0.497 e. The van der Waals surface area contributed by atoms with E-state index in [1.165, 1.54) is 34.8 Å². The van der Waals surface area contributed by atoms with Gasteiger partial charge in [-0.15, -0.1) is 11.3 Å². The third-order valence-electron chi connectivity index (χ3n) is 5.73. The number of aromatic nitrogens is 2. The summed E-state index contributed by atoms with van der Waals surface area (Å²) in [5, 5.41) is 3.81. The van der Waals surface area contributed by atoms with Gasteiger partial charge in [-0.1, -0.05) is 17.8 Å². The number of nitrogens with zero attached hydrogens (tertiary/aromatic N) is 2. The van der Waals surface area contributed by atoms with Crippen LogP contribution in [0.15, 0.2) is 58.5 Å². The molecule has 0 saturated heterocycles. The maximum Gasteiger partial charge on any atom is 0.267 e. The number of rotatable bonds is 6. The number of fused-ring (bicyclic) bond motifs is 3. The zero-order valence-corrected chi connectivity index (χ0v) is 20.1. The second-order valence-corrected chi connectivity index (χ2v) is 10.00. The summed E-state index contributed by atoms with van der Waals surface area (Å²) >= 11 is 2.76. The number of amides is 1. The maximum atomic E-state index is 13.8. The fraction of sp³-hybridized carbons (Fsp3) is 0.240. The third kappa shape index (κ3) is 4.45. The van der Waals surface area contributed by atoms with Crippen molar-refractivity contribution in [3.05, 3.63) is 75.1 Å². The number of thioether (sulfide) groups is 1. The molecule has 1 N–H and O–H groups in total. The molecule has 1 aliphatic rings. The Morgan fingerprint density at radius 2 is 2.00 bits per heavy atom. The monoisotopic (exact) mass is 495 g/mol. The molecule has 0 radical (unpaired) electrons. The van der Waals surface area contributed by atoms with Crippen LogP contribution >= 0.6 is 23.1 Å². The molecule has 5 rings (SSSR count). The van der Waals surface area contributed by atoms with Crippen LogP contribution in [0.3, 0.4) is 0 Å². The van der Waals surface area contributed by atoms with Crippen LogP contribution in [-0.2, 0) is 17.6 Å². The number of aryl methyl sites for hydroxylation is 2. The van der Waals surface area contributed by atoms with Crippen molar-refractivity contribution < 1.29 is 13.9 Å². The van der Waals surface area contributed by atoms with Gasteiger partial charge in [-0.3, -0.25) is 14.2 Å². The Hall–Kier alpha value is -3.17. The molecule has 2 aromatic heterocycles. The summed E-state index contributed by atoms with van der Waals surface area (Å²) in [6.07, 6.45) is 4.04. The van der Waals surface area contributed by atoms with Gasteiger partial charge in [-0.2, -0.15) is 0 Å².